The first-order valence-corrected chi connectivity index (χ1v) is 7.76. The van der Waals surface area contributed by atoms with Crippen LogP contribution in [0.5, 0.6) is 0 Å². The third-order valence-electron chi connectivity index (χ3n) is 3.15. The Bertz CT molecular complexity index is 536. The van der Waals surface area contributed by atoms with Crippen molar-refractivity contribution in [3.05, 3.63) is 28.2 Å². The highest BCUT2D eigenvalue weighted by atomic mass is 79.9. The number of esters is 1. The molecule has 0 spiro atoms. The molecule has 0 radical (unpaired) electrons. The molecular weight excluding hydrogens is 332 g/mol. The molecule has 0 aromatic heterocycles. The number of nitrogens with zero attached hydrogens (tertiary/aromatic N) is 1. The lowest BCUT2D eigenvalue weighted by molar-refractivity contribution is 0.0526. The standard InChI is InChI=1S/C16H21BrN2O2/c1-4-21-15(20)12-6-7-14(13(17)10-12)19-11-16(2,3)8-5-9-18/h6-7,10,19H,4-5,8,11H2,1-3H3. The van der Waals surface area contributed by atoms with E-state index in [1.165, 1.54) is 0 Å². The van der Waals surface area contributed by atoms with Gasteiger partial charge in [-0.2, -0.15) is 5.26 Å². The van der Waals surface area contributed by atoms with Crippen LogP contribution in [0.3, 0.4) is 0 Å². The van der Waals surface area contributed by atoms with Gasteiger partial charge in [-0.05, 0) is 52.9 Å². The van der Waals surface area contributed by atoms with Gasteiger partial charge in [0.05, 0.1) is 18.2 Å². The Morgan fingerprint density at radius 1 is 1.48 bits per heavy atom. The van der Waals surface area contributed by atoms with E-state index < -0.39 is 0 Å². The smallest absolute Gasteiger partial charge is 0.338 e. The maximum absolute atomic E-state index is 11.6. The number of benzene rings is 1. The summed E-state index contributed by atoms with van der Waals surface area (Å²) in [5.41, 5.74) is 1.49. The van der Waals surface area contributed by atoms with Crippen LogP contribution in [0, 0.1) is 16.7 Å². The van der Waals surface area contributed by atoms with E-state index >= 15 is 0 Å². The number of anilines is 1. The van der Waals surface area contributed by atoms with Crippen LogP contribution in [0.1, 0.15) is 44.0 Å². The molecule has 21 heavy (non-hydrogen) atoms. The number of nitriles is 1. The van der Waals surface area contributed by atoms with Crippen molar-refractivity contribution in [1.29, 1.82) is 5.26 Å². The molecule has 1 N–H and O–H groups in total. The normalized spacial score (nSPS) is 10.8. The van der Waals surface area contributed by atoms with Gasteiger partial charge in [-0.1, -0.05) is 13.8 Å². The average Bonchev–Trinajstić information content (AvgIpc) is 2.44. The summed E-state index contributed by atoms with van der Waals surface area (Å²) in [6.07, 6.45) is 1.40. The van der Waals surface area contributed by atoms with Gasteiger partial charge in [-0.25, -0.2) is 4.79 Å². The Balaban J connectivity index is 2.69. The summed E-state index contributed by atoms with van der Waals surface area (Å²) in [7, 11) is 0. The number of ether oxygens (including phenoxy) is 1. The van der Waals surface area contributed by atoms with Crippen LogP contribution in [0.15, 0.2) is 22.7 Å². The van der Waals surface area contributed by atoms with Crippen LogP contribution >= 0.6 is 15.9 Å². The van der Waals surface area contributed by atoms with Gasteiger partial charge in [0.2, 0.25) is 0 Å². The minimum Gasteiger partial charge on any atom is -0.462 e. The molecule has 0 atom stereocenters. The van der Waals surface area contributed by atoms with Gasteiger partial charge < -0.3 is 10.1 Å². The molecule has 0 unspecified atom stereocenters. The summed E-state index contributed by atoms with van der Waals surface area (Å²) in [6, 6.07) is 7.53. The van der Waals surface area contributed by atoms with Crippen molar-refractivity contribution in [3.8, 4) is 6.07 Å². The first-order valence-electron chi connectivity index (χ1n) is 6.97. The van der Waals surface area contributed by atoms with E-state index in [1.807, 2.05) is 6.07 Å². The zero-order chi connectivity index (χ0) is 15.9. The monoisotopic (exact) mass is 352 g/mol. The quantitative estimate of drug-likeness (QED) is 0.740. The van der Waals surface area contributed by atoms with Gasteiger partial charge in [0.15, 0.2) is 0 Å². The van der Waals surface area contributed by atoms with Gasteiger partial charge in [0, 0.05) is 23.1 Å². The minimum absolute atomic E-state index is 0.0367. The summed E-state index contributed by atoms with van der Waals surface area (Å²) < 4.78 is 5.79. The van der Waals surface area contributed by atoms with Gasteiger partial charge in [0.25, 0.3) is 0 Å². The van der Waals surface area contributed by atoms with E-state index in [9.17, 15) is 4.79 Å². The highest BCUT2D eigenvalue weighted by Gasteiger charge is 2.18. The van der Waals surface area contributed by atoms with Crippen molar-refractivity contribution in [2.75, 3.05) is 18.5 Å². The Morgan fingerprint density at radius 3 is 2.76 bits per heavy atom. The zero-order valence-corrected chi connectivity index (χ0v) is 14.3. The zero-order valence-electron chi connectivity index (χ0n) is 12.7. The van der Waals surface area contributed by atoms with Crippen LogP contribution in [0.2, 0.25) is 0 Å². The largest absolute Gasteiger partial charge is 0.462 e. The topological polar surface area (TPSA) is 62.1 Å². The number of nitrogens with one attached hydrogen (secondary N) is 1. The fourth-order valence-electron chi connectivity index (χ4n) is 1.82. The van der Waals surface area contributed by atoms with E-state index in [2.05, 4.69) is 41.2 Å². The summed E-state index contributed by atoms with van der Waals surface area (Å²) in [5.74, 6) is -0.320. The molecule has 1 rings (SSSR count). The molecule has 0 heterocycles. The van der Waals surface area contributed by atoms with E-state index in [0.717, 1.165) is 23.1 Å². The van der Waals surface area contributed by atoms with Gasteiger partial charge in [0.1, 0.15) is 0 Å². The molecule has 5 heteroatoms. The number of rotatable bonds is 7. The third kappa shape index (κ3) is 5.76. The second kappa shape index (κ2) is 8.04. The van der Waals surface area contributed by atoms with Crippen molar-refractivity contribution >= 4 is 27.6 Å². The highest BCUT2D eigenvalue weighted by molar-refractivity contribution is 9.10. The number of carbonyl (C=O) groups is 1. The predicted molar refractivity (Wildman–Crippen MR) is 87.2 cm³/mol. The molecular formula is C16H21BrN2O2. The van der Waals surface area contributed by atoms with Crippen molar-refractivity contribution in [3.63, 3.8) is 0 Å². The van der Waals surface area contributed by atoms with Crippen molar-refractivity contribution in [2.45, 2.75) is 33.6 Å². The molecule has 0 fully saturated rings. The molecule has 1 aromatic rings. The Labute approximate surface area is 134 Å². The van der Waals surface area contributed by atoms with E-state index in [0.29, 0.717) is 18.6 Å². The second-order valence-corrected chi connectivity index (χ2v) is 6.45. The average molecular weight is 353 g/mol. The summed E-state index contributed by atoms with van der Waals surface area (Å²) >= 11 is 3.46. The van der Waals surface area contributed by atoms with Gasteiger partial charge >= 0.3 is 5.97 Å². The first kappa shape index (κ1) is 17.5. The number of carbonyl (C=O) groups excluding carboxylic acids is 1. The Kier molecular flexibility index (Phi) is 6.70. The molecule has 1 aromatic carbocycles. The predicted octanol–water partition coefficient (Wildman–Crippen LogP) is 4.37. The van der Waals surface area contributed by atoms with Crippen LogP contribution in [-0.2, 0) is 4.74 Å². The first-order chi connectivity index (χ1) is 9.89. The Hall–Kier alpha value is -1.54. The summed E-state index contributed by atoms with van der Waals surface area (Å²) in [5, 5.41) is 12.0. The van der Waals surface area contributed by atoms with Crippen molar-refractivity contribution in [1.82, 2.24) is 0 Å². The number of hydrogen-bond donors (Lipinski definition) is 1. The van der Waals surface area contributed by atoms with Crippen LogP contribution in [0.4, 0.5) is 5.69 Å². The lowest BCUT2D eigenvalue weighted by atomic mass is 9.88. The van der Waals surface area contributed by atoms with Gasteiger partial charge in [-0.3, -0.25) is 0 Å². The van der Waals surface area contributed by atoms with E-state index in [4.69, 9.17) is 10.00 Å². The Morgan fingerprint density at radius 2 is 2.19 bits per heavy atom. The minimum atomic E-state index is -0.320. The maximum Gasteiger partial charge on any atom is 0.338 e. The summed E-state index contributed by atoms with van der Waals surface area (Å²) in [6.45, 7) is 7.15. The molecule has 0 aliphatic rings. The SMILES string of the molecule is CCOC(=O)c1ccc(NCC(C)(C)CCC#N)c(Br)c1. The molecule has 0 saturated carbocycles. The molecule has 114 valence electrons. The lowest BCUT2D eigenvalue weighted by Crippen LogP contribution is -2.23. The fourth-order valence-corrected chi connectivity index (χ4v) is 2.34. The molecule has 0 amide bonds. The molecule has 0 aliphatic carbocycles. The fraction of sp³-hybridized carbons (Fsp3) is 0.500. The second-order valence-electron chi connectivity index (χ2n) is 5.59. The van der Waals surface area contributed by atoms with Crippen LogP contribution < -0.4 is 5.32 Å². The van der Waals surface area contributed by atoms with Crippen LogP contribution in [0.25, 0.3) is 0 Å². The maximum atomic E-state index is 11.6. The molecule has 0 saturated heterocycles. The summed E-state index contributed by atoms with van der Waals surface area (Å²) in [4.78, 5) is 11.6. The van der Waals surface area contributed by atoms with Gasteiger partial charge in [-0.15, -0.1) is 0 Å². The van der Waals surface area contributed by atoms with Crippen molar-refractivity contribution < 1.29 is 9.53 Å². The molecule has 4 nitrogen and oxygen atoms in total. The lowest BCUT2D eigenvalue weighted by Gasteiger charge is -2.24. The van der Waals surface area contributed by atoms with E-state index in [-0.39, 0.29) is 11.4 Å². The van der Waals surface area contributed by atoms with E-state index in [1.54, 1.807) is 19.1 Å². The number of hydrogen-bond acceptors (Lipinski definition) is 4. The number of halogens is 1. The third-order valence-corrected chi connectivity index (χ3v) is 3.81. The van der Waals surface area contributed by atoms with Crippen LogP contribution in [-0.4, -0.2) is 19.1 Å². The highest BCUT2D eigenvalue weighted by Crippen LogP contribution is 2.27. The molecule has 0 bridgehead atoms. The molecule has 0 aliphatic heterocycles. The van der Waals surface area contributed by atoms with Crippen molar-refractivity contribution in [2.24, 2.45) is 5.41 Å².